The van der Waals surface area contributed by atoms with E-state index >= 15 is 0 Å². The highest BCUT2D eigenvalue weighted by molar-refractivity contribution is 5.97. The lowest BCUT2D eigenvalue weighted by Crippen LogP contribution is -2.36. The van der Waals surface area contributed by atoms with Crippen LogP contribution in [0.5, 0.6) is 0 Å². The standard InChI is InChI=1S/C17H22N4O/c1-20(2)16-8-6-15(7-9-16)19-13-14(12-18)17(22)21-10-4-3-5-11-21/h6-9,13,19H,3-5,10-11H2,1-2H3/b14-13-. The van der Waals surface area contributed by atoms with E-state index in [0.29, 0.717) is 0 Å². The van der Waals surface area contributed by atoms with Crippen molar-refractivity contribution in [2.75, 3.05) is 37.4 Å². The Balaban J connectivity index is 2.02. The number of hydrogen-bond acceptors (Lipinski definition) is 4. The van der Waals surface area contributed by atoms with E-state index in [2.05, 4.69) is 5.32 Å². The molecule has 0 bridgehead atoms. The van der Waals surface area contributed by atoms with Crippen LogP contribution in [0.4, 0.5) is 11.4 Å². The summed E-state index contributed by atoms with van der Waals surface area (Å²) in [4.78, 5) is 16.1. The largest absolute Gasteiger partial charge is 0.378 e. The van der Waals surface area contributed by atoms with Crippen LogP contribution in [0, 0.1) is 11.3 Å². The smallest absolute Gasteiger partial charge is 0.266 e. The average molecular weight is 298 g/mol. The van der Waals surface area contributed by atoms with Crippen LogP contribution in [-0.2, 0) is 4.79 Å². The molecule has 116 valence electrons. The monoisotopic (exact) mass is 298 g/mol. The number of piperidine rings is 1. The van der Waals surface area contributed by atoms with Gasteiger partial charge in [0.25, 0.3) is 5.91 Å². The van der Waals surface area contributed by atoms with E-state index in [1.807, 2.05) is 49.3 Å². The van der Waals surface area contributed by atoms with Gasteiger partial charge < -0.3 is 15.1 Å². The summed E-state index contributed by atoms with van der Waals surface area (Å²) in [6, 6.07) is 9.81. The molecular weight excluding hydrogens is 276 g/mol. The maximum absolute atomic E-state index is 12.3. The van der Waals surface area contributed by atoms with Gasteiger partial charge in [-0.3, -0.25) is 4.79 Å². The molecular formula is C17H22N4O. The number of amides is 1. The van der Waals surface area contributed by atoms with Gasteiger partial charge in [-0.2, -0.15) is 5.26 Å². The van der Waals surface area contributed by atoms with Gasteiger partial charge in [-0.15, -0.1) is 0 Å². The molecule has 0 radical (unpaired) electrons. The molecule has 22 heavy (non-hydrogen) atoms. The van der Waals surface area contributed by atoms with Gasteiger partial charge in [0.2, 0.25) is 0 Å². The normalized spacial score (nSPS) is 15.1. The van der Waals surface area contributed by atoms with Crippen molar-refractivity contribution >= 4 is 17.3 Å². The van der Waals surface area contributed by atoms with Gasteiger partial charge in [-0.1, -0.05) is 0 Å². The molecule has 0 aromatic heterocycles. The van der Waals surface area contributed by atoms with Crippen molar-refractivity contribution in [3.63, 3.8) is 0 Å². The Morgan fingerprint density at radius 3 is 2.41 bits per heavy atom. The number of nitrogens with one attached hydrogen (secondary N) is 1. The summed E-state index contributed by atoms with van der Waals surface area (Å²) in [6.07, 6.45) is 4.70. The third kappa shape index (κ3) is 4.01. The predicted molar refractivity (Wildman–Crippen MR) is 88.5 cm³/mol. The minimum Gasteiger partial charge on any atom is -0.378 e. The number of nitrogens with zero attached hydrogens (tertiary/aromatic N) is 3. The fourth-order valence-electron chi connectivity index (χ4n) is 2.42. The van der Waals surface area contributed by atoms with Crippen LogP contribution in [-0.4, -0.2) is 38.0 Å². The summed E-state index contributed by atoms with van der Waals surface area (Å²) >= 11 is 0. The van der Waals surface area contributed by atoms with Crippen LogP contribution in [0.2, 0.25) is 0 Å². The summed E-state index contributed by atoms with van der Waals surface area (Å²) in [6.45, 7) is 1.49. The number of anilines is 2. The number of benzene rings is 1. The van der Waals surface area contributed by atoms with Crippen LogP contribution in [0.3, 0.4) is 0 Å². The molecule has 1 fully saturated rings. The number of carbonyl (C=O) groups is 1. The van der Waals surface area contributed by atoms with Crippen LogP contribution in [0.1, 0.15) is 19.3 Å². The zero-order chi connectivity index (χ0) is 15.9. The predicted octanol–water partition coefficient (Wildman–Crippen LogP) is 2.58. The third-order valence-corrected chi connectivity index (χ3v) is 3.76. The second kappa shape index (κ2) is 7.51. The third-order valence-electron chi connectivity index (χ3n) is 3.76. The first-order valence-corrected chi connectivity index (χ1v) is 7.55. The molecule has 1 saturated heterocycles. The number of carbonyl (C=O) groups excluding carboxylic acids is 1. The molecule has 0 aliphatic carbocycles. The van der Waals surface area contributed by atoms with E-state index in [-0.39, 0.29) is 11.5 Å². The lowest BCUT2D eigenvalue weighted by molar-refractivity contribution is -0.127. The molecule has 0 unspecified atom stereocenters. The van der Waals surface area contributed by atoms with E-state index in [4.69, 9.17) is 0 Å². The van der Waals surface area contributed by atoms with E-state index in [1.165, 1.54) is 6.20 Å². The van der Waals surface area contributed by atoms with E-state index < -0.39 is 0 Å². The van der Waals surface area contributed by atoms with Gasteiger partial charge >= 0.3 is 0 Å². The SMILES string of the molecule is CN(C)c1ccc(N/C=C(/C#N)C(=O)N2CCCCC2)cc1. The Morgan fingerprint density at radius 2 is 1.86 bits per heavy atom. The maximum atomic E-state index is 12.3. The molecule has 2 rings (SSSR count). The molecule has 1 aliphatic rings. The van der Waals surface area contributed by atoms with Gasteiger partial charge in [-0.25, -0.2) is 0 Å². The van der Waals surface area contributed by atoms with Crippen molar-refractivity contribution in [2.45, 2.75) is 19.3 Å². The van der Waals surface area contributed by atoms with Crippen LogP contribution >= 0.6 is 0 Å². The number of rotatable bonds is 4. The summed E-state index contributed by atoms with van der Waals surface area (Å²) in [5.41, 5.74) is 2.10. The maximum Gasteiger partial charge on any atom is 0.266 e. The van der Waals surface area contributed by atoms with Gasteiger partial charge in [0.1, 0.15) is 11.6 Å². The number of nitriles is 1. The summed E-state index contributed by atoms with van der Waals surface area (Å²) in [5, 5.41) is 12.2. The highest BCUT2D eigenvalue weighted by Crippen LogP contribution is 2.16. The van der Waals surface area contributed by atoms with Gasteiger partial charge in [0.15, 0.2) is 0 Å². The van der Waals surface area contributed by atoms with Crippen molar-refractivity contribution < 1.29 is 4.79 Å². The second-order valence-electron chi connectivity index (χ2n) is 5.61. The summed E-state index contributed by atoms with van der Waals surface area (Å²) < 4.78 is 0. The first-order chi connectivity index (χ1) is 10.6. The Bertz CT molecular complexity index is 578. The molecule has 1 aliphatic heterocycles. The van der Waals surface area contributed by atoms with Gasteiger partial charge in [0, 0.05) is 44.8 Å². The molecule has 1 heterocycles. The molecule has 0 atom stereocenters. The van der Waals surface area contributed by atoms with Crippen molar-refractivity contribution in [3.8, 4) is 6.07 Å². The first-order valence-electron chi connectivity index (χ1n) is 7.55. The van der Waals surface area contributed by atoms with Gasteiger partial charge in [-0.05, 0) is 43.5 Å². The quantitative estimate of drug-likeness (QED) is 0.685. The zero-order valence-corrected chi connectivity index (χ0v) is 13.2. The Morgan fingerprint density at radius 1 is 1.23 bits per heavy atom. The first kappa shape index (κ1) is 15.9. The molecule has 1 amide bonds. The minimum absolute atomic E-state index is 0.151. The molecule has 1 N–H and O–H groups in total. The lowest BCUT2D eigenvalue weighted by atomic mass is 10.1. The van der Waals surface area contributed by atoms with Crippen molar-refractivity contribution in [1.82, 2.24) is 4.90 Å². The molecule has 0 spiro atoms. The molecule has 5 nitrogen and oxygen atoms in total. The average Bonchev–Trinajstić information content (AvgIpc) is 2.56. The minimum atomic E-state index is -0.181. The summed E-state index contributed by atoms with van der Waals surface area (Å²) in [7, 11) is 3.96. The number of likely N-dealkylation sites (tertiary alicyclic amines) is 1. The highest BCUT2D eigenvalue weighted by atomic mass is 16.2. The second-order valence-corrected chi connectivity index (χ2v) is 5.61. The molecule has 0 saturated carbocycles. The van der Waals surface area contributed by atoms with Crippen LogP contribution in [0.25, 0.3) is 0 Å². The van der Waals surface area contributed by atoms with E-state index in [9.17, 15) is 10.1 Å². The Labute approximate surface area is 131 Å². The van der Waals surface area contributed by atoms with E-state index in [0.717, 1.165) is 43.7 Å². The van der Waals surface area contributed by atoms with Crippen molar-refractivity contribution in [2.24, 2.45) is 0 Å². The fraction of sp³-hybridized carbons (Fsp3) is 0.412. The zero-order valence-electron chi connectivity index (χ0n) is 13.2. The van der Waals surface area contributed by atoms with Crippen molar-refractivity contribution in [1.29, 1.82) is 5.26 Å². The van der Waals surface area contributed by atoms with Crippen LogP contribution < -0.4 is 10.2 Å². The highest BCUT2D eigenvalue weighted by Gasteiger charge is 2.20. The molecule has 5 heteroatoms. The van der Waals surface area contributed by atoms with E-state index in [1.54, 1.807) is 4.90 Å². The topological polar surface area (TPSA) is 59.4 Å². The molecule has 1 aromatic carbocycles. The van der Waals surface area contributed by atoms with Gasteiger partial charge in [0.05, 0.1) is 0 Å². The van der Waals surface area contributed by atoms with Crippen LogP contribution in [0.15, 0.2) is 36.0 Å². The molecule has 1 aromatic rings. The Kier molecular flexibility index (Phi) is 5.42. The fourth-order valence-corrected chi connectivity index (χ4v) is 2.42. The number of hydrogen-bond donors (Lipinski definition) is 1. The lowest BCUT2D eigenvalue weighted by Gasteiger charge is -2.26. The van der Waals surface area contributed by atoms with Crippen molar-refractivity contribution in [3.05, 3.63) is 36.0 Å². The summed E-state index contributed by atoms with van der Waals surface area (Å²) in [5.74, 6) is -0.181. The Hall–Kier alpha value is -2.48.